The summed E-state index contributed by atoms with van der Waals surface area (Å²) < 4.78 is 9.98. The molecule has 0 bridgehead atoms. The minimum absolute atomic E-state index is 0.00433. The molecule has 1 rings (SSSR count). The monoisotopic (exact) mass is 233 g/mol. The van der Waals surface area contributed by atoms with Crippen molar-refractivity contribution < 1.29 is 19.5 Å². The van der Waals surface area contributed by atoms with Crippen molar-refractivity contribution in [3.8, 4) is 0 Å². The smallest absolute Gasteiger partial charge is 0.318 e. The number of hydrogen-bond acceptors (Lipinski definition) is 6. The van der Waals surface area contributed by atoms with Gasteiger partial charge in [0.2, 0.25) is 0 Å². The molecule has 0 aliphatic carbocycles. The molecule has 0 unspecified atom stereocenters. The quantitative estimate of drug-likeness (QED) is 0.345. The molecule has 0 radical (unpaired) electrons. The van der Waals surface area contributed by atoms with E-state index in [1.807, 2.05) is 0 Å². The molecule has 1 aliphatic rings. The van der Waals surface area contributed by atoms with E-state index in [0.29, 0.717) is 4.91 Å². The van der Waals surface area contributed by atoms with Crippen LogP contribution in [0.3, 0.4) is 0 Å². The van der Waals surface area contributed by atoms with Gasteiger partial charge in [0.1, 0.15) is 5.76 Å². The Morgan fingerprint density at radius 2 is 2.13 bits per heavy atom. The van der Waals surface area contributed by atoms with E-state index in [9.17, 15) is 15.2 Å². The van der Waals surface area contributed by atoms with E-state index in [1.54, 1.807) is 0 Å². The third kappa shape index (κ3) is 1.99. The zero-order valence-electron chi connectivity index (χ0n) is 8.51. The maximum absolute atomic E-state index is 10.8. The lowest BCUT2D eigenvalue weighted by Crippen LogP contribution is -2.33. The molecule has 0 saturated carbocycles. The van der Waals surface area contributed by atoms with Gasteiger partial charge >= 0.3 is 10.8 Å². The SMILES string of the molecule is COC1(OC)S/C(=C(\C)O)C=C1[N+](=O)[O-]. The number of nitrogens with zero attached hydrogens (tertiary/aromatic N) is 1. The van der Waals surface area contributed by atoms with Gasteiger partial charge in [-0.15, -0.1) is 0 Å². The molecule has 0 fully saturated rings. The summed E-state index contributed by atoms with van der Waals surface area (Å²) in [6.07, 6.45) is 1.24. The van der Waals surface area contributed by atoms with Crippen molar-refractivity contribution in [1.29, 1.82) is 0 Å². The van der Waals surface area contributed by atoms with E-state index in [1.165, 1.54) is 27.2 Å². The molecule has 0 aromatic rings. The summed E-state index contributed by atoms with van der Waals surface area (Å²) in [4.78, 5) is 10.5. The van der Waals surface area contributed by atoms with Gasteiger partial charge in [0.25, 0.3) is 0 Å². The van der Waals surface area contributed by atoms with Crippen LogP contribution >= 0.6 is 11.8 Å². The zero-order chi connectivity index (χ0) is 11.6. The maximum Gasteiger partial charge on any atom is 0.318 e. The lowest BCUT2D eigenvalue weighted by atomic mass is 10.3. The molecule has 7 heteroatoms. The first-order valence-corrected chi connectivity index (χ1v) is 4.84. The topological polar surface area (TPSA) is 81.8 Å². The summed E-state index contributed by atoms with van der Waals surface area (Å²) >= 11 is 0.954. The first kappa shape index (κ1) is 12.0. The number of rotatable bonds is 3. The predicted octanol–water partition coefficient (Wildman–Crippen LogP) is 1.63. The Morgan fingerprint density at radius 3 is 2.40 bits per heavy atom. The highest BCUT2D eigenvalue weighted by Crippen LogP contribution is 2.47. The molecule has 84 valence electrons. The fraction of sp³-hybridized carbons (Fsp3) is 0.500. The first-order chi connectivity index (χ1) is 6.96. The van der Waals surface area contributed by atoms with E-state index >= 15 is 0 Å². The highest BCUT2D eigenvalue weighted by molar-refractivity contribution is 8.04. The number of methoxy groups -OCH3 is 2. The maximum atomic E-state index is 10.8. The Hall–Kier alpha value is -1.05. The lowest BCUT2D eigenvalue weighted by molar-refractivity contribution is -0.451. The average Bonchev–Trinajstić information content (AvgIpc) is 2.58. The molecule has 0 amide bonds. The molecule has 0 aromatic heterocycles. The highest BCUT2D eigenvalue weighted by Gasteiger charge is 2.50. The van der Waals surface area contributed by atoms with E-state index < -0.39 is 10.0 Å². The van der Waals surface area contributed by atoms with Gasteiger partial charge in [-0.1, -0.05) is 0 Å². The Labute approximate surface area is 90.7 Å². The van der Waals surface area contributed by atoms with Crippen LogP contribution in [0.1, 0.15) is 6.92 Å². The van der Waals surface area contributed by atoms with Crippen LogP contribution in [-0.4, -0.2) is 29.4 Å². The summed E-state index contributed by atoms with van der Waals surface area (Å²) in [5, 5.41) is 18.5. The summed E-state index contributed by atoms with van der Waals surface area (Å²) in [6, 6.07) is 0. The lowest BCUT2D eigenvalue weighted by Gasteiger charge is -2.22. The molecular weight excluding hydrogens is 222 g/mol. The number of aliphatic hydroxyl groups is 1. The van der Waals surface area contributed by atoms with Gasteiger partial charge in [0.15, 0.2) is 0 Å². The van der Waals surface area contributed by atoms with Crippen molar-refractivity contribution in [2.45, 2.75) is 12.0 Å². The van der Waals surface area contributed by atoms with Gasteiger partial charge in [0.05, 0.1) is 9.83 Å². The first-order valence-electron chi connectivity index (χ1n) is 4.02. The van der Waals surface area contributed by atoms with Crippen LogP contribution in [0.2, 0.25) is 0 Å². The van der Waals surface area contributed by atoms with Crippen molar-refractivity contribution >= 4 is 11.8 Å². The van der Waals surface area contributed by atoms with Gasteiger partial charge in [0, 0.05) is 20.3 Å². The molecule has 0 aromatic carbocycles. The Kier molecular flexibility index (Phi) is 3.38. The van der Waals surface area contributed by atoms with E-state index in [4.69, 9.17) is 9.47 Å². The Morgan fingerprint density at radius 1 is 1.60 bits per heavy atom. The van der Waals surface area contributed by atoms with Crippen LogP contribution in [0.5, 0.6) is 0 Å². The summed E-state index contributed by atoms with van der Waals surface area (Å²) in [5.41, 5.74) is -0.235. The van der Waals surface area contributed by atoms with E-state index in [2.05, 4.69) is 0 Å². The van der Waals surface area contributed by atoms with Crippen LogP contribution in [0, 0.1) is 10.1 Å². The summed E-state index contributed by atoms with van der Waals surface area (Å²) in [7, 11) is 2.62. The molecule has 0 atom stereocenters. The second-order valence-corrected chi connectivity index (χ2v) is 3.98. The van der Waals surface area contributed by atoms with Crippen molar-refractivity contribution in [3.63, 3.8) is 0 Å². The molecule has 1 heterocycles. The fourth-order valence-corrected chi connectivity index (χ4v) is 2.17. The van der Waals surface area contributed by atoms with Crippen molar-refractivity contribution in [1.82, 2.24) is 0 Å². The molecular formula is C8H11NO5S. The Balaban J connectivity index is 3.20. The van der Waals surface area contributed by atoms with Crippen LogP contribution in [0.4, 0.5) is 0 Å². The minimum Gasteiger partial charge on any atom is -0.511 e. The number of nitro groups is 1. The van der Waals surface area contributed by atoms with Crippen molar-refractivity contribution in [3.05, 3.63) is 32.6 Å². The van der Waals surface area contributed by atoms with Gasteiger partial charge in [-0.3, -0.25) is 10.1 Å². The molecule has 1 N–H and O–H groups in total. The molecule has 6 nitrogen and oxygen atoms in total. The van der Waals surface area contributed by atoms with Gasteiger partial charge in [-0.05, 0) is 18.7 Å². The summed E-state index contributed by atoms with van der Waals surface area (Å²) in [5.74, 6) is -0.00433. The third-order valence-electron chi connectivity index (χ3n) is 1.92. The van der Waals surface area contributed by atoms with Crippen LogP contribution in [0.15, 0.2) is 22.4 Å². The number of aliphatic hydroxyl groups excluding tert-OH is 1. The standard InChI is InChI=1S/C8H11NO5S/c1-5(10)6-4-7(9(11)12)8(13-2,14-3)15-6/h4,10H,1-3H3/b6-5+. The number of hydrogen-bond donors (Lipinski definition) is 1. The normalized spacial score (nSPS) is 22.5. The van der Waals surface area contributed by atoms with E-state index in [0.717, 1.165) is 11.8 Å². The largest absolute Gasteiger partial charge is 0.511 e. The number of thioether (sulfide) groups is 1. The second-order valence-electron chi connectivity index (χ2n) is 2.80. The highest BCUT2D eigenvalue weighted by atomic mass is 32.2. The van der Waals surface area contributed by atoms with E-state index in [-0.39, 0.29) is 11.5 Å². The van der Waals surface area contributed by atoms with Crippen molar-refractivity contribution in [2.24, 2.45) is 0 Å². The predicted molar refractivity (Wildman–Crippen MR) is 54.7 cm³/mol. The van der Waals surface area contributed by atoms with Gasteiger partial charge in [-0.25, -0.2) is 0 Å². The van der Waals surface area contributed by atoms with Crippen molar-refractivity contribution in [2.75, 3.05) is 14.2 Å². The molecule has 1 aliphatic heterocycles. The molecule has 15 heavy (non-hydrogen) atoms. The fourth-order valence-electron chi connectivity index (χ4n) is 1.16. The zero-order valence-corrected chi connectivity index (χ0v) is 9.33. The van der Waals surface area contributed by atoms with Crippen LogP contribution in [0.25, 0.3) is 0 Å². The average molecular weight is 233 g/mol. The van der Waals surface area contributed by atoms with Crippen LogP contribution < -0.4 is 0 Å². The van der Waals surface area contributed by atoms with Crippen LogP contribution in [-0.2, 0) is 9.47 Å². The Bertz CT molecular complexity index is 341. The van der Waals surface area contributed by atoms with Gasteiger partial charge < -0.3 is 14.6 Å². The molecule has 0 spiro atoms. The summed E-state index contributed by atoms with van der Waals surface area (Å²) in [6.45, 7) is 1.44. The molecule has 0 saturated heterocycles. The third-order valence-corrected chi connectivity index (χ3v) is 3.36. The minimum atomic E-state index is -1.47. The number of allylic oxidation sites excluding steroid dienone is 2. The number of ether oxygens (including phenoxy) is 2. The second kappa shape index (κ2) is 4.21. The van der Waals surface area contributed by atoms with Gasteiger partial charge in [-0.2, -0.15) is 0 Å².